The normalized spacial score (nSPS) is 12.8. The minimum atomic E-state index is -0.698. The summed E-state index contributed by atoms with van der Waals surface area (Å²) in [7, 11) is 0. The largest absolute Gasteiger partial charge is 0.394 e. The highest BCUT2D eigenvalue weighted by Crippen LogP contribution is 2.10. The monoisotopic (exact) mass is 352 g/mol. The fourth-order valence-corrected chi connectivity index (χ4v) is 2.96. The number of hydrogen-bond acceptors (Lipinski definition) is 5. The molecule has 0 radical (unpaired) electrons. The lowest BCUT2D eigenvalue weighted by Crippen LogP contribution is -2.40. The number of aryl methyl sites for hydroxylation is 2. The SMILES string of the molecule is CCCCn1c(=O)c2c(ncn2CCCCC(O)CO)n(CC)c1=O. The number of hydrogen-bond donors (Lipinski definition) is 2. The van der Waals surface area contributed by atoms with Gasteiger partial charge in [0.1, 0.15) is 0 Å². The van der Waals surface area contributed by atoms with Gasteiger partial charge in [-0.1, -0.05) is 13.3 Å². The summed E-state index contributed by atoms with van der Waals surface area (Å²) in [6.45, 7) is 5.11. The Hall–Kier alpha value is -1.93. The number of fused-ring (bicyclic) bond motifs is 1. The van der Waals surface area contributed by atoms with E-state index in [1.807, 2.05) is 13.8 Å². The van der Waals surface area contributed by atoms with Crippen molar-refractivity contribution in [3.63, 3.8) is 0 Å². The molecule has 1 unspecified atom stereocenters. The number of aromatic nitrogens is 4. The van der Waals surface area contributed by atoms with Crippen molar-refractivity contribution >= 4 is 11.2 Å². The summed E-state index contributed by atoms with van der Waals surface area (Å²) in [4.78, 5) is 29.6. The summed E-state index contributed by atoms with van der Waals surface area (Å²) in [6.07, 6.45) is 4.59. The maximum atomic E-state index is 12.8. The maximum Gasteiger partial charge on any atom is 0.332 e. The fourth-order valence-electron chi connectivity index (χ4n) is 2.96. The number of aliphatic hydroxyl groups is 2. The van der Waals surface area contributed by atoms with E-state index in [-0.39, 0.29) is 17.9 Å². The van der Waals surface area contributed by atoms with Crippen LogP contribution >= 0.6 is 0 Å². The Morgan fingerprint density at radius 3 is 2.52 bits per heavy atom. The van der Waals surface area contributed by atoms with Crippen molar-refractivity contribution in [3.8, 4) is 0 Å². The van der Waals surface area contributed by atoms with Gasteiger partial charge < -0.3 is 14.8 Å². The van der Waals surface area contributed by atoms with Gasteiger partial charge in [-0.2, -0.15) is 0 Å². The number of imidazole rings is 1. The third kappa shape index (κ3) is 4.19. The Kier molecular flexibility index (Phi) is 6.95. The van der Waals surface area contributed by atoms with Crippen molar-refractivity contribution in [1.29, 1.82) is 0 Å². The van der Waals surface area contributed by atoms with Gasteiger partial charge in [-0.15, -0.1) is 0 Å². The zero-order valence-corrected chi connectivity index (χ0v) is 15.0. The quantitative estimate of drug-likeness (QED) is 0.613. The van der Waals surface area contributed by atoms with Crippen LogP contribution in [0.3, 0.4) is 0 Å². The van der Waals surface area contributed by atoms with E-state index in [0.29, 0.717) is 37.2 Å². The molecular formula is C17H28N4O4. The number of nitrogens with zero attached hydrogens (tertiary/aromatic N) is 4. The Balaban J connectivity index is 2.33. The molecule has 140 valence electrons. The van der Waals surface area contributed by atoms with Crippen LogP contribution in [0.5, 0.6) is 0 Å². The highest BCUT2D eigenvalue weighted by atomic mass is 16.3. The molecule has 2 aromatic heterocycles. The lowest BCUT2D eigenvalue weighted by molar-refractivity contribution is 0.0859. The molecule has 2 aromatic rings. The Labute approximate surface area is 146 Å². The van der Waals surface area contributed by atoms with Gasteiger partial charge in [0.25, 0.3) is 5.56 Å². The Bertz CT molecular complexity index is 805. The summed E-state index contributed by atoms with van der Waals surface area (Å²) in [5.74, 6) is 0. The van der Waals surface area contributed by atoms with E-state index in [0.717, 1.165) is 25.7 Å². The standard InChI is InChI=1S/C17H28N4O4/c1-3-5-10-21-16(24)14-15(20(4-2)17(21)25)18-12-19(14)9-7-6-8-13(23)11-22/h12-13,22-23H,3-11H2,1-2H3. The second kappa shape index (κ2) is 8.96. The van der Waals surface area contributed by atoms with Crippen LogP contribution in [0.25, 0.3) is 11.2 Å². The van der Waals surface area contributed by atoms with Crippen LogP contribution in [0.15, 0.2) is 15.9 Å². The molecule has 0 saturated heterocycles. The summed E-state index contributed by atoms with van der Waals surface area (Å²) >= 11 is 0. The van der Waals surface area contributed by atoms with Crippen molar-refractivity contribution in [2.75, 3.05) is 6.61 Å². The van der Waals surface area contributed by atoms with Crippen molar-refractivity contribution in [2.24, 2.45) is 0 Å². The van der Waals surface area contributed by atoms with Gasteiger partial charge in [0, 0.05) is 19.6 Å². The topological polar surface area (TPSA) is 102 Å². The molecule has 8 nitrogen and oxygen atoms in total. The van der Waals surface area contributed by atoms with Gasteiger partial charge in [-0.05, 0) is 32.6 Å². The Morgan fingerprint density at radius 1 is 1.12 bits per heavy atom. The summed E-state index contributed by atoms with van der Waals surface area (Å²) < 4.78 is 4.64. The van der Waals surface area contributed by atoms with Crippen LogP contribution in [-0.4, -0.2) is 41.6 Å². The van der Waals surface area contributed by atoms with Crippen LogP contribution in [-0.2, 0) is 19.6 Å². The molecule has 2 heterocycles. The first-order valence-corrected chi connectivity index (χ1v) is 9.02. The molecule has 1 atom stereocenters. The average Bonchev–Trinajstić information content (AvgIpc) is 3.02. The summed E-state index contributed by atoms with van der Waals surface area (Å²) in [6, 6.07) is 0. The van der Waals surface area contributed by atoms with E-state index in [9.17, 15) is 14.7 Å². The zero-order chi connectivity index (χ0) is 18.4. The number of rotatable bonds is 10. The van der Waals surface area contributed by atoms with Crippen molar-refractivity contribution in [2.45, 2.75) is 71.7 Å². The summed E-state index contributed by atoms with van der Waals surface area (Å²) in [5.41, 5.74) is 0.303. The van der Waals surface area contributed by atoms with Crippen molar-refractivity contribution in [3.05, 3.63) is 27.2 Å². The molecular weight excluding hydrogens is 324 g/mol. The third-order valence-electron chi connectivity index (χ3n) is 4.43. The minimum Gasteiger partial charge on any atom is -0.394 e. The van der Waals surface area contributed by atoms with E-state index in [1.54, 1.807) is 15.5 Å². The molecule has 8 heteroatoms. The zero-order valence-electron chi connectivity index (χ0n) is 15.0. The third-order valence-corrected chi connectivity index (χ3v) is 4.43. The van der Waals surface area contributed by atoms with Crippen LogP contribution in [0.2, 0.25) is 0 Å². The molecule has 2 N–H and O–H groups in total. The predicted octanol–water partition coefficient (Wildman–Crippen LogP) is 0.703. The highest BCUT2D eigenvalue weighted by molar-refractivity contribution is 5.70. The lowest BCUT2D eigenvalue weighted by atomic mass is 10.1. The van der Waals surface area contributed by atoms with E-state index in [1.165, 1.54) is 4.57 Å². The van der Waals surface area contributed by atoms with Gasteiger partial charge in [-0.25, -0.2) is 9.78 Å². The van der Waals surface area contributed by atoms with Gasteiger partial charge in [0.15, 0.2) is 11.2 Å². The minimum absolute atomic E-state index is 0.237. The smallest absolute Gasteiger partial charge is 0.332 e. The molecule has 0 saturated carbocycles. The van der Waals surface area contributed by atoms with Crippen LogP contribution < -0.4 is 11.2 Å². The predicted molar refractivity (Wildman–Crippen MR) is 95.8 cm³/mol. The molecule has 2 rings (SSSR count). The first-order valence-electron chi connectivity index (χ1n) is 9.02. The van der Waals surface area contributed by atoms with Gasteiger partial charge in [0.05, 0.1) is 19.0 Å². The van der Waals surface area contributed by atoms with E-state index >= 15 is 0 Å². The van der Waals surface area contributed by atoms with Crippen LogP contribution in [0.4, 0.5) is 0 Å². The van der Waals surface area contributed by atoms with E-state index < -0.39 is 6.10 Å². The molecule has 0 fully saturated rings. The molecule has 0 bridgehead atoms. The van der Waals surface area contributed by atoms with Crippen LogP contribution in [0.1, 0.15) is 46.0 Å². The second-order valence-corrected chi connectivity index (χ2v) is 6.28. The van der Waals surface area contributed by atoms with Crippen LogP contribution in [0, 0.1) is 0 Å². The number of unbranched alkanes of at least 4 members (excludes halogenated alkanes) is 2. The van der Waals surface area contributed by atoms with E-state index in [2.05, 4.69) is 4.98 Å². The molecule has 0 aliphatic carbocycles. The maximum absolute atomic E-state index is 12.8. The molecule has 0 aliphatic heterocycles. The summed E-state index contributed by atoms with van der Waals surface area (Å²) in [5, 5.41) is 18.2. The molecule has 0 aromatic carbocycles. The van der Waals surface area contributed by atoms with Crippen molar-refractivity contribution in [1.82, 2.24) is 18.7 Å². The highest BCUT2D eigenvalue weighted by Gasteiger charge is 2.16. The van der Waals surface area contributed by atoms with Crippen molar-refractivity contribution < 1.29 is 10.2 Å². The molecule has 0 amide bonds. The first-order chi connectivity index (χ1) is 12.0. The molecule has 0 spiro atoms. The Morgan fingerprint density at radius 2 is 1.88 bits per heavy atom. The molecule has 25 heavy (non-hydrogen) atoms. The molecule has 0 aliphatic rings. The van der Waals surface area contributed by atoms with Gasteiger partial charge in [0.2, 0.25) is 0 Å². The first kappa shape index (κ1) is 19.4. The van der Waals surface area contributed by atoms with Gasteiger partial charge in [-0.3, -0.25) is 13.9 Å². The van der Waals surface area contributed by atoms with Gasteiger partial charge >= 0.3 is 5.69 Å². The van der Waals surface area contributed by atoms with E-state index in [4.69, 9.17) is 5.11 Å². The second-order valence-electron chi connectivity index (χ2n) is 6.28. The fraction of sp³-hybridized carbons (Fsp3) is 0.706. The average molecular weight is 352 g/mol. The number of aliphatic hydroxyl groups excluding tert-OH is 2. The lowest BCUT2D eigenvalue weighted by Gasteiger charge is -2.11.